The summed E-state index contributed by atoms with van der Waals surface area (Å²) in [5, 5.41) is 3.34. The third kappa shape index (κ3) is 1.59. The molecule has 0 saturated heterocycles. The van der Waals surface area contributed by atoms with Gasteiger partial charge in [-0.15, -0.1) is 0 Å². The lowest BCUT2D eigenvalue weighted by Gasteiger charge is -2.07. The van der Waals surface area contributed by atoms with Crippen molar-refractivity contribution in [3.8, 4) is 0 Å². The fourth-order valence-electron chi connectivity index (χ4n) is 0.396. The molecule has 1 heterocycles. The third-order valence-corrected chi connectivity index (χ3v) is 1.14. The standard InChI is InChI=1S/C7H11BrN2/c1-3-6(2)10-5-7(8)4-9-10/h4-6H,3H2,1-2H3/i1D3,2D3,3D2,4D,5D,6D. The highest BCUT2D eigenvalue weighted by molar-refractivity contribution is 9.10. The van der Waals surface area contributed by atoms with Crippen LogP contribution in [0.5, 0.6) is 0 Å². The van der Waals surface area contributed by atoms with Crippen molar-refractivity contribution in [2.75, 3.05) is 0 Å². The zero-order valence-electron chi connectivity index (χ0n) is 15.8. The van der Waals surface area contributed by atoms with Gasteiger partial charge < -0.3 is 0 Å². The fraction of sp³-hybridized carbons (Fsp3) is 0.571. The van der Waals surface area contributed by atoms with Crippen molar-refractivity contribution >= 4 is 15.9 Å². The Hall–Kier alpha value is -0.310. The molecule has 0 aromatic carbocycles. The molecule has 0 bridgehead atoms. The van der Waals surface area contributed by atoms with Crippen molar-refractivity contribution in [3.63, 3.8) is 0 Å². The van der Waals surface area contributed by atoms with Crippen LogP contribution in [0.4, 0.5) is 0 Å². The van der Waals surface area contributed by atoms with Crippen molar-refractivity contribution < 1.29 is 15.1 Å². The Kier molecular flexibility index (Phi) is 0.545. The first kappa shape index (κ1) is 1.71. The SMILES string of the molecule is [2H]c1nn(C([2H])(C([2H])([2H])[2H])C([2H])([2H])C([2H])([2H])[2H])c([2H])c1Br. The highest BCUT2D eigenvalue weighted by atomic mass is 79.9. The van der Waals surface area contributed by atoms with Gasteiger partial charge in [0.05, 0.1) is 14.8 Å². The van der Waals surface area contributed by atoms with Gasteiger partial charge in [-0.25, -0.2) is 0 Å². The van der Waals surface area contributed by atoms with Gasteiger partial charge in [-0.1, -0.05) is 6.85 Å². The van der Waals surface area contributed by atoms with E-state index in [-0.39, 0.29) is 9.15 Å². The van der Waals surface area contributed by atoms with E-state index >= 15 is 0 Å². The van der Waals surface area contributed by atoms with Crippen LogP contribution in [0.25, 0.3) is 0 Å². The lowest BCUT2D eigenvalue weighted by molar-refractivity contribution is 0.478. The summed E-state index contributed by atoms with van der Waals surface area (Å²) < 4.78 is 81.8. The van der Waals surface area contributed by atoms with Crippen LogP contribution in [-0.4, -0.2) is 9.78 Å². The van der Waals surface area contributed by atoms with E-state index in [0.717, 1.165) is 0 Å². The Morgan fingerprint density at radius 1 is 2.30 bits per heavy atom. The summed E-state index contributed by atoms with van der Waals surface area (Å²) in [5.41, 5.74) is 0. The maximum absolute atomic E-state index is 8.00. The molecule has 0 fully saturated rings. The van der Waals surface area contributed by atoms with E-state index in [1.165, 1.54) is 0 Å². The minimum Gasteiger partial charge on any atom is -0.269 e. The molecule has 0 N–H and O–H groups in total. The number of halogens is 1. The average molecular weight is 214 g/mol. The number of hydrogen-bond donors (Lipinski definition) is 0. The van der Waals surface area contributed by atoms with Crippen LogP contribution in [-0.2, 0) is 0 Å². The molecule has 1 aromatic rings. The average Bonchev–Trinajstić information content (AvgIpc) is 2.53. The summed E-state index contributed by atoms with van der Waals surface area (Å²) in [4.78, 5) is 0. The van der Waals surface area contributed by atoms with Gasteiger partial charge in [0.15, 0.2) is 0 Å². The monoisotopic (exact) mass is 213 g/mol. The van der Waals surface area contributed by atoms with E-state index in [1.807, 2.05) is 0 Å². The molecule has 0 aliphatic rings. The largest absolute Gasteiger partial charge is 0.269 e. The molecule has 0 radical (unpaired) electrons. The van der Waals surface area contributed by atoms with Crippen LogP contribution < -0.4 is 0 Å². The number of hydrogen-bond acceptors (Lipinski definition) is 1. The zero-order valence-corrected chi connectivity index (χ0v) is 6.36. The summed E-state index contributed by atoms with van der Waals surface area (Å²) in [5.74, 6) is 0. The Morgan fingerprint density at radius 3 is 3.70 bits per heavy atom. The van der Waals surface area contributed by atoms with Gasteiger partial charge in [0.2, 0.25) is 0 Å². The Labute approximate surface area is 84.8 Å². The number of aromatic nitrogens is 2. The van der Waals surface area contributed by atoms with Crippen LogP contribution in [0.15, 0.2) is 16.8 Å². The molecule has 0 aliphatic carbocycles. The van der Waals surface area contributed by atoms with Gasteiger partial charge in [-0.05, 0) is 29.2 Å². The Bertz CT molecular complexity index is 544. The van der Waals surface area contributed by atoms with E-state index in [4.69, 9.17) is 15.1 Å². The van der Waals surface area contributed by atoms with Gasteiger partial charge in [-0.3, -0.25) is 4.68 Å². The molecule has 1 unspecified atom stereocenters. The number of rotatable bonds is 2. The molecule has 3 heteroatoms. The summed E-state index contributed by atoms with van der Waals surface area (Å²) in [6.45, 7) is -6.89. The van der Waals surface area contributed by atoms with Gasteiger partial charge >= 0.3 is 0 Å². The van der Waals surface area contributed by atoms with Crippen LogP contribution in [0, 0.1) is 0 Å². The molecule has 0 aliphatic heterocycles. The van der Waals surface area contributed by atoms with Crippen LogP contribution in [0.2, 0.25) is 0 Å². The molecule has 10 heavy (non-hydrogen) atoms. The molecule has 1 atom stereocenters. The first-order valence-electron chi connectivity index (χ1n) is 7.81. The van der Waals surface area contributed by atoms with E-state index in [9.17, 15) is 0 Å². The molecule has 0 spiro atoms. The van der Waals surface area contributed by atoms with Crippen LogP contribution in [0.1, 0.15) is 41.2 Å². The minimum atomic E-state index is -3.54. The first-order chi connectivity index (χ1) is 9.09. The third-order valence-electron chi connectivity index (χ3n) is 0.782. The second-order valence-corrected chi connectivity index (χ2v) is 2.22. The van der Waals surface area contributed by atoms with E-state index in [1.54, 1.807) is 0 Å². The van der Waals surface area contributed by atoms with Gasteiger partial charge in [0.25, 0.3) is 0 Å². The van der Waals surface area contributed by atoms with Crippen molar-refractivity contribution in [1.29, 1.82) is 0 Å². The van der Waals surface area contributed by atoms with Crippen LogP contribution >= 0.6 is 15.9 Å². The lowest BCUT2D eigenvalue weighted by atomic mass is 10.3. The first-order valence-corrected chi connectivity index (χ1v) is 3.10. The summed E-state index contributed by atoms with van der Waals surface area (Å²) in [7, 11) is 0. The van der Waals surface area contributed by atoms with E-state index < -0.39 is 38.4 Å². The maximum Gasteiger partial charge on any atom is 0.0872 e. The van der Waals surface area contributed by atoms with Gasteiger partial charge in [-0.2, -0.15) is 5.10 Å². The highest BCUT2D eigenvalue weighted by Crippen LogP contribution is 2.13. The van der Waals surface area contributed by atoms with E-state index in [2.05, 4.69) is 21.0 Å². The molecule has 1 aromatic heterocycles. The van der Waals surface area contributed by atoms with Crippen molar-refractivity contribution in [2.24, 2.45) is 0 Å². The lowest BCUT2D eigenvalue weighted by Crippen LogP contribution is -2.03. The smallest absolute Gasteiger partial charge is 0.0872 e. The second kappa shape index (κ2) is 3.19. The van der Waals surface area contributed by atoms with Crippen molar-refractivity contribution in [3.05, 3.63) is 16.8 Å². The maximum atomic E-state index is 8.00. The Balaban J connectivity index is 3.76. The van der Waals surface area contributed by atoms with Gasteiger partial charge in [0.1, 0.15) is 0 Å². The van der Waals surface area contributed by atoms with E-state index in [0.29, 0.717) is 0 Å². The molecule has 1 rings (SSSR count). The molecular formula is C7H11BrN2. The zero-order chi connectivity index (χ0) is 17.0. The second-order valence-electron chi connectivity index (χ2n) is 1.42. The summed E-state index contributed by atoms with van der Waals surface area (Å²) in [6.07, 6.45) is -4.90. The predicted molar refractivity (Wildman–Crippen MR) is 44.9 cm³/mol. The van der Waals surface area contributed by atoms with Crippen molar-refractivity contribution in [1.82, 2.24) is 9.78 Å². The molecular weight excluding hydrogens is 192 g/mol. The Morgan fingerprint density at radius 2 is 3.20 bits per heavy atom. The van der Waals surface area contributed by atoms with Crippen molar-refractivity contribution in [2.45, 2.75) is 26.1 Å². The molecule has 56 valence electrons. The normalized spacial score (nSPS) is 36.7. The predicted octanol–water partition coefficient (Wildman–Crippen LogP) is 2.62. The minimum absolute atomic E-state index is 0.110. The quantitative estimate of drug-likeness (QED) is 0.739. The molecule has 0 saturated carbocycles. The van der Waals surface area contributed by atoms with Crippen LogP contribution in [0.3, 0.4) is 0 Å². The molecule has 2 nitrogen and oxygen atoms in total. The molecule has 0 amide bonds. The van der Waals surface area contributed by atoms with Gasteiger partial charge in [0, 0.05) is 23.2 Å². The highest BCUT2D eigenvalue weighted by Gasteiger charge is 2.01. The summed E-state index contributed by atoms with van der Waals surface area (Å²) in [6, 6.07) is -3.40. The number of nitrogens with zero attached hydrogens (tertiary/aromatic N) is 2. The topological polar surface area (TPSA) is 17.8 Å². The summed E-state index contributed by atoms with van der Waals surface area (Å²) >= 11 is 2.79. The fourth-order valence-corrected chi connectivity index (χ4v) is 0.643.